The van der Waals surface area contributed by atoms with Gasteiger partial charge in [-0.25, -0.2) is 4.68 Å². The van der Waals surface area contributed by atoms with Crippen LogP contribution in [0.5, 0.6) is 0 Å². The van der Waals surface area contributed by atoms with Crippen molar-refractivity contribution in [2.45, 2.75) is 6.54 Å². The Morgan fingerprint density at radius 1 is 1.44 bits per heavy atom. The number of aliphatic hydroxyl groups excluding tert-OH is 1. The summed E-state index contributed by atoms with van der Waals surface area (Å²) in [6.07, 6.45) is 4.95. The van der Waals surface area contributed by atoms with Gasteiger partial charge in [-0.3, -0.25) is 9.48 Å². The van der Waals surface area contributed by atoms with Gasteiger partial charge in [-0.1, -0.05) is 0 Å². The quantitative estimate of drug-likeness (QED) is 0.857. The van der Waals surface area contributed by atoms with Crippen LogP contribution in [0.15, 0.2) is 27.9 Å². The molecule has 0 amide bonds. The molecule has 0 radical (unpaired) electrons. The molecule has 8 heteroatoms. The number of anilines is 2. The molecule has 96 valence electrons. The topological polar surface area (TPSA) is 85.0 Å². The van der Waals surface area contributed by atoms with E-state index in [2.05, 4.69) is 31.4 Å². The van der Waals surface area contributed by atoms with E-state index in [1.807, 2.05) is 0 Å². The summed E-state index contributed by atoms with van der Waals surface area (Å²) in [7, 11) is 1.80. The maximum absolute atomic E-state index is 11.9. The minimum atomic E-state index is -0.294. The van der Waals surface area contributed by atoms with Crippen LogP contribution in [0.25, 0.3) is 0 Å². The first-order chi connectivity index (χ1) is 8.61. The van der Waals surface area contributed by atoms with Crippen molar-refractivity contribution in [1.29, 1.82) is 0 Å². The van der Waals surface area contributed by atoms with Gasteiger partial charge < -0.3 is 10.4 Å². The highest BCUT2D eigenvalue weighted by Crippen LogP contribution is 2.20. The number of hydrogen-bond donors (Lipinski definition) is 2. The lowest BCUT2D eigenvalue weighted by atomic mass is 10.4. The number of aliphatic hydroxyl groups is 1. The second-order valence-electron chi connectivity index (χ2n) is 3.65. The van der Waals surface area contributed by atoms with Gasteiger partial charge in [0.25, 0.3) is 5.56 Å². The summed E-state index contributed by atoms with van der Waals surface area (Å²) in [5.41, 5.74) is 1.03. The van der Waals surface area contributed by atoms with Crippen LogP contribution in [0, 0.1) is 0 Å². The predicted octanol–water partition coefficient (Wildman–Crippen LogP) is 0.475. The zero-order chi connectivity index (χ0) is 13.1. The van der Waals surface area contributed by atoms with Crippen molar-refractivity contribution in [1.82, 2.24) is 19.6 Å². The Bertz CT molecular complexity index is 607. The van der Waals surface area contributed by atoms with E-state index in [1.54, 1.807) is 24.1 Å². The van der Waals surface area contributed by atoms with Crippen LogP contribution >= 0.6 is 15.9 Å². The summed E-state index contributed by atoms with van der Waals surface area (Å²) in [5, 5.41) is 19.8. The second-order valence-corrected chi connectivity index (χ2v) is 4.44. The standard InChI is InChI=1S/C10H12BrN5O2/c1-15-6-7(4-12-15)14-8-5-13-16(2-3-17)10(18)9(8)11/h4-6,14,17H,2-3H2,1H3. The Balaban J connectivity index is 2.30. The maximum atomic E-state index is 11.9. The van der Waals surface area contributed by atoms with Crippen molar-refractivity contribution in [3.63, 3.8) is 0 Å². The Kier molecular flexibility index (Phi) is 3.78. The van der Waals surface area contributed by atoms with E-state index in [4.69, 9.17) is 5.11 Å². The van der Waals surface area contributed by atoms with Crippen LogP contribution in [0.2, 0.25) is 0 Å². The van der Waals surface area contributed by atoms with Gasteiger partial charge in [0, 0.05) is 13.2 Å². The molecule has 0 spiro atoms. The van der Waals surface area contributed by atoms with Crippen molar-refractivity contribution in [3.8, 4) is 0 Å². The summed E-state index contributed by atoms with van der Waals surface area (Å²) in [4.78, 5) is 11.9. The molecule has 2 aromatic heterocycles. The van der Waals surface area contributed by atoms with E-state index in [1.165, 1.54) is 10.9 Å². The minimum absolute atomic E-state index is 0.130. The lowest BCUT2D eigenvalue weighted by molar-refractivity contribution is 0.266. The molecule has 0 aliphatic heterocycles. The molecule has 18 heavy (non-hydrogen) atoms. The van der Waals surface area contributed by atoms with Gasteiger partial charge in [-0.2, -0.15) is 10.2 Å². The summed E-state index contributed by atoms with van der Waals surface area (Å²) in [6.45, 7) is 0.0410. The van der Waals surface area contributed by atoms with Gasteiger partial charge in [-0.15, -0.1) is 0 Å². The lowest BCUT2D eigenvalue weighted by Gasteiger charge is -2.08. The van der Waals surface area contributed by atoms with Crippen LogP contribution in [-0.4, -0.2) is 31.3 Å². The highest BCUT2D eigenvalue weighted by Gasteiger charge is 2.09. The van der Waals surface area contributed by atoms with Crippen LogP contribution in [0.3, 0.4) is 0 Å². The SMILES string of the molecule is Cn1cc(Nc2cnn(CCO)c(=O)c2Br)cn1. The van der Waals surface area contributed by atoms with Gasteiger partial charge in [0.1, 0.15) is 4.47 Å². The summed E-state index contributed by atoms with van der Waals surface area (Å²) >= 11 is 3.22. The molecule has 2 rings (SSSR count). The molecule has 0 atom stereocenters. The fraction of sp³-hybridized carbons (Fsp3) is 0.300. The van der Waals surface area contributed by atoms with Gasteiger partial charge in [-0.05, 0) is 15.9 Å². The Morgan fingerprint density at radius 2 is 2.22 bits per heavy atom. The average molecular weight is 314 g/mol. The Morgan fingerprint density at radius 3 is 2.83 bits per heavy atom. The van der Waals surface area contributed by atoms with E-state index < -0.39 is 0 Å². The first-order valence-corrected chi connectivity index (χ1v) is 6.03. The first-order valence-electron chi connectivity index (χ1n) is 5.24. The molecular formula is C10H12BrN5O2. The number of nitrogens with zero attached hydrogens (tertiary/aromatic N) is 4. The third-order valence-corrected chi connectivity index (χ3v) is 3.05. The smallest absolute Gasteiger partial charge is 0.283 e. The fourth-order valence-corrected chi connectivity index (χ4v) is 1.85. The molecule has 0 fully saturated rings. The second kappa shape index (κ2) is 5.32. The third kappa shape index (κ3) is 2.59. The third-order valence-electron chi connectivity index (χ3n) is 2.28. The van der Waals surface area contributed by atoms with Gasteiger partial charge >= 0.3 is 0 Å². The number of aryl methyl sites for hydroxylation is 1. The highest BCUT2D eigenvalue weighted by molar-refractivity contribution is 9.10. The fourth-order valence-electron chi connectivity index (χ4n) is 1.45. The summed E-state index contributed by atoms with van der Waals surface area (Å²) in [5.74, 6) is 0. The first kappa shape index (κ1) is 12.8. The lowest BCUT2D eigenvalue weighted by Crippen LogP contribution is -2.25. The maximum Gasteiger partial charge on any atom is 0.283 e. The van der Waals surface area contributed by atoms with Gasteiger partial charge in [0.15, 0.2) is 0 Å². The van der Waals surface area contributed by atoms with E-state index in [0.717, 1.165) is 5.69 Å². The van der Waals surface area contributed by atoms with E-state index in [0.29, 0.717) is 10.2 Å². The molecule has 2 N–H and O–H groups in total. The van der Waals surface area contributed by atoms with Crippen molar-refractivity contribution >= 4 is 27.3 Å². The molecule has 0 aliphatic carbocycles. The highest BCUT2D eigenvalue weighted by atomic mass is 79.9. The van der Waals surface area contributed by atoms with Gasteiger partial charge in [0.2, 0.25) is 0 Å². The molecule has 0 unspecified atom stereocenters. The predicted molar refractivity (Wildman–Crippen MR) is 69.8 cm³/mol. The molecule has 7 nitrogen and oxygen atoms in total. The van der Waals surface area contributed by atoms with E-state index in [9.17, 15) is 4.79 Å². The number of hydrogen-bond acceptors (Lipinski definition) is 5. The summed E-state index contributed by atoms with van der Waals surface area (Å²) < 4.78 is 3.21. The van der Waals surface area contributed by atoms with Crippen molar-refractivity contribution in [3.05, 3.63) is 33.4 Å². The zero-order valence-corrected chi connectivity index (χ0v) is 11.3. The Labute approximate surface area is 111 Å². The van der Waals surface area contributed by atoms with Crippen molar-refractivity contribution < 1.29 is 5.11 Å². The van der Waals surface area contributed by atoms with Crippen molar-refractivity contribution in [2.24, 2.45) is 7.05 Å². The monoisotopic (exact) mass is 313 g/mol. The van der Waals surface area contributed by atoms with Crippen molar-refractivity contribution in [2.75, 3.05) is 11.9 Å². The molecule has 0 aromatic carbocycles. The molecule has 2 heterocycles. The molecular weight excluding hydrogens is 302 g/mol. The van der Waals surface area contributed by atoms with Gasteiger partial charge in [0.05, 0.1) is 36.9 Å². The summed E-state index contributed by atoms with van der Waals surface area (Å²) in [6, 6.07) is 0. The van der Waals surface area contributed by atoms with Crippen LogP contribution < -0.4 is 10.9 Å². The van der Waals surface area contributed by atoms with E-state index in [-0.39, 0.29) is 18.7 Å². The largest absolute Gasteiger partial charge is 0.394 e. The average Bonchev–Trinajstić information content (AvgIpc) is 2.75. The van der Waals surface area contributed by atoms with Crippen LogP contribution in [0.4, 0.5) is 11.4 Å². The number of aromatic nitrogens is 4. The zero-order valence-electron chi connectivity index (χ0n) is 9.67. The Hall–Kier alpha value is -1.67. The molecule has 2 aromatic rings. The van der Waals surface area contributed by atoms with Crippen LogP contribution in [-0.2, 0) is 13.6 Å². The molecule has 0 saturated carbocycles. The molecule has 0 bridgehead atoms. The normalized spacial score (nSPS) is 10.6. The minimum Gasteiger partial charge on any atom is -0.394 e. The van der Waals surface area contributed by atoms with Crippen LogP contribution in [0.1, 0.15) is 0 Å². The molecule has 0 saturated heterocycles. The van der Waals surface area contributed by atoms with E-state index >= 15 is 0 Å². The number of rotatable bonds is 4. The molecule has 0 aliphatic rings. The number of halogens is 1. The number of nitrogens with one attached hydrogen (secondary N) is 1.